The molecule has 0 aliphatic carbocycles. The number of phosphoric ester groups is 1. The molecule has 0 fully saturated rings. The molecule has 2 aromatic rings. The molecule has 2 aromatic carbocycles. The molecule has 0 amide bonds. The Kier molecular flexibility index (Phi) is 8.31. The van der Waals surface area contributed by atoms with E-state index >= 15 is 0 Å². The van der Waals surface area contributed by atoms with Crippen molar-refractivity contribution in [2.24, 2.45) is 0 Å². The van der Waals surface area contributed by atoms with Crippen molar-refractivity contribution in [3.05, 3.63) is 69.8 Å². The summed E-state index contributed by atoms with van der Waals surface area (Å²) in [4.78, 5) is 19.4. The second-order valence-corrected chi connectivity index (χ2v) is 7.96. The number of hydrogen-bond acceptors (Lipinski definition) is 2. The SMILES string of the molecule is CCCC(OP(=O)(O)O)(c1ccc(C)cc1C)c1ccc(C)cc1C.[NaH]. The van der Waals surface area contributed by atoms with Gasteiger partial charge in [0.05, 0.1) is 0 Å². The molecule has 0 aromatic heterocycles. The first-order valence-corrected chi connectivity index (χ1v) is 10.0. The summed E-state index contributed by atoms with van der Waals surface area (Å²) >= 11 is 0. The van der Waals surface area contributed by atoms with Crippen LogP contribution >= 0.6 is 7.82 Å². The van der Waals surface area contributed by atoms with E-state index in [4.69, 9.17) is 4.52 Å². The van der Waals surface area contributed by atoms with Gasteiger partial charge in [0.25, 0.3) is 0 Å². The molecule has 0 spiro atoms. The first kappa shape index (κ1) is 23.6. The van der Waals surface area contributed by atoms with E-state index < -0.39 is 13.4 Å². The van der Waals surface area contributed by atoms with Gasteiger partial charge in [-0.05, 0) is 56.4 Å². The van der Waals surface area contributed by atoms with Crippen LogP contribution in [0, 0.1) is 27.7 Å². The average molecular weight is 386 g/mol. The summed E-state index contributed by atoms with van der Waals surface area (Å²) in [5.41, 5.74) is 4.55. The van der Waals surface area contributed by atoms with Crippen LogP contribution in [0.3, 0.4) is 0 Å². The first-order chi connectivity index (χ1) is 11.6. The van der Waals surface area contributed by atoms with Crippen molar-refractivity contribution >= 4 is 37.4 Å². The van der Waals surface area contributed by atoms with E-state index in [1.54, 1.807) is 0 Å². The molecular formula is C20H28NaO4P. The van der Waals surface area contributed by atoms with Gasteiger partial charge in [-0.2, -0.15) is 0 Å². The van der Waals surface area contributed by atoms with Crippen LogP contribution in [0.15, 0.2) is 36.4 Å². The van der Waals surface area contributed by atoms with Crippen LogP contribution in [0.1, 0.15) is 53.1 Å². The third-order valence-corrected chi connectivity index (χ3v) is 5.06. The minimum atomic E-state index is -4.71. The summed E-state index contributed by atoms with van der Waals surface area (Å²) in [6, 6.07) is 11.8. The van der Waals surface area contributed by atoms with Gasteiger partial charge in [-0.1, -0.05) is 60.9 Å². The summed E-state index contributed by atoms with van der Waals surface area (Å²) in [5, 5.41) is 0. The molecule has 4 nitrogen and oxygen atoms in total. The molecule has 26 heavy (non-hydrogen) atoms. The van der Waals surface area contributed by atoms with Crippen molar-refractivity contribution in [3.63, 3.8) is 0 Å². The summed E-state index contributed by atoms with van der Waals surface area (Å²) in [7, 11) is -4.71. The minimum absolute atomic E-state index is 0. The third kappa shape index (κ3) is 5.30. The number of hydrogen-bond donors (Lipinski definition) is 2. The van der Waals surface area contributed by atoms with E-state index in [0.29, 0.717) is 6.42 Å². The Morgan fingerprint density at radius 1 is 0.923 bits per heavy atom. The van der Waals surface area contributed by atoms with E-state index in [9.17, 15) is 14.4 Å². The number of benzene rings is 2. The maximum atomic E-state index is 11.9. The predicted molar refractivity (Wildman–Crippen MR) is 108 cm³/mol. The Bertz CT molecular complexity index is 762. The molecule has 0 saturated carbocycles. The Morgan fingerprint density at radius 2 is 1.35 bits per heavy atom. The van der Waals surface area contributed by atoms with Crippen LogP contribution in [-0.4, -0.2) is 39.3 Å². The van der Waals surface area contributed by atoms with Crippen LogP contribution in [0.2, 0.25) is 0 Å². The quantitative estimate of drug-likeness (QED) is 0.570. The third-order valence-electron chi connectivity index (χ3n) is 4.51. The Morgan fingerprint density at radius 3 is 1.65 bits per heavy atom. The van der Waals surface area contributed by atoms with Gasteiger partial charge in [-0.3, -0.25) is 4.52 Å². The van der Waals surface area contributed by atoms with Gasteiger partial charge < -0.3 is 9.79 Å². The first-order valence-electron chi connectivity index (χ1n) is 8.51. The number of rotatable bonds is 6. The molecule has 0 radical (unpaired) electrons. The molecule has 0 heterocycles. The molecule has 6 heteroatoms. The zero-order valence-corrected chi connectivity index (χ0v) is 16.4. The van der Waals surface area contributed by atoms with Crippen molar-refractivity contribution in [2.75, 3.05) is 0 Å². The van der Waals surface area contributed by atoms with E-state index in [-0.39, 0.29) is 29.6 Å². The molecule has 0 bridgehead atoms. The fourth-order valence-corrected chi connectivity index (χ4v) is 4.34. The maximum absolute atomic E-state index is 11.9. The molecular weight excluding hydrogens is 358 g/mol. The van der Waals surface area contributed by atoms with Crippen LogP contribution in [-0.2, 0) is 14.7 Å². The van der Waals surface area contributed by atoms with Gasteiger partial charge in [0.2, 0.25) is 0 Å². The number of phosphoric acid groups is 1. The predicted octanol–water partition coefficient (Wildman–Crippen LogP) is 4.42. The zero-order chi connectivity index (χ0) is 18.8. The van der Waals surface area contributed by atoms with Crippen LogP contribution in [0.4, 0.5) is 0 Å². The molecule has 0 atom stereocenters. The van der Waals surface area contributed by atoms with Crippen molar-refractivity contribution < 1.29 is 18.9 Å². The molecule has 0 aliphatic heterocycles. The fourth-order valence-electron chi connectivity index (χ4n) is 3.65. The Hall–Kier alpha value is -0.450. The topological polar surface area (TPSA) is 66.8 Å². The summed E-state index contributed by atoms with van der Waals surface area (Å²) in [6.45, 7) is 9.90. The van der Waals surface area contributed by atoms with Gasteiger partial charge in [0.15, 0.2) is 0 Å². The van der Waals surface area contributed by atoms with Gasteiger partial charge in [0, 0.05) is 0 Å². The standard InChI is InChI=1S/C20H27O4P.Na.H/c1-6-11-20(24-25(21,22)23,18-9-7-14(2)12-16(18)4)19-10-8-15(3)13-17(19)5;;/h7-10,12-13H,6,11H2,1-5H3,(H2,21,22,23);;. The average Bonchev–Trinajstić information content (AvgIpc) is 2.45. The van der Waals surface area contributed by atoms with Crippen molar-refractivity contribution in [3.8, 4) is 0 Å². The van der Waals surface area contributed by atoms with Gasteiger partial charge in [0.1, 0.15) is 5.60 Å². The van der Waals surface area contributed by atoms with Crippen molar-refractivity contribution in [2.45, 2.75) is 53.1 Å². The zero-order valence-electron chi connectivity index (χ0n) is 15.5. The second kappa shape index (κ2) is 9.16. The van der Waals surface area contributed by atoms with E-state index in [1.165, 1.54) is 0 Å². The monoisotopic (exact) mass is 386 g/mol. The van der Waals surface area contributed by atoms with Crippen molar-refractivity contribution in [1.29, 1.82) is 0 Å². The molecule has 2 N–H and O–H groups in total. The van der Waals surface area contributed by atoms with Crippen LogP contribution in [0.25, 0.3) is 0 Å². The van der Waals surface area contributed by atoms with Crippen LogP contribution < -0.4 is 0 Å². The molecule has 0 saturated heterocycles. The summed E-state index contributed by atoms with van der Waals surface area (Å²) in [5.74, 6) is 0. The summed E-state index contributed by atoms with van der Waals surface area (Å²) in [6.07, 6.45) is 1.20. The molecule has 0 aliphatic rings. The van der Waals surface area contributed by atoms with Crippen molar-refractivity contribution in [1.82, 2.24) is 0 Å². The second-order valence-electron chi connectivity index (χ2n) is 6.80. The van der Waals surface area contributed by atoms with Gasteiger partial charge >= 0.3 is 37.4 Å². The van der Waals surface area contributed by atoms with E-state index in [1.807, 2.05) is 71.0 Å². The fraction of sp³-hybridized carbons (Fsp3) is 0.400. The Balaban J connectivity index is 0.00000338. The van der Waals surface area contributed by atoms with Gasteiger partial charge in [-0.15, -0.1) is 0 Å². The Labute approximate surface area is 178 Å². The normalized spacial score (nSPS) is 12.0. The van der Waals surface area contributed by atoms with E-state index in [2.05, 4.69) is 0 Å². The van der Waals surface area contributed by atoms with E-state index in [0.717, 1.165) is 39.8 Å². The number of aryl methyl sites for hydroxylation is 4. The molecule has 0 unspecified atom stereocenters. The molecule has 138 valence electrons. The van der Waals surface area contributed by atoms with Gasteiger partial charge in [-0.25, -0.2) is 4.57 Å². The van der Waals surface area contributed by atoms with Crippen LogP contribution in [0.5, 0.6) is 0 Å². The summed E-state index contributed by atoms with van der Waals surface area (Å²) < 4.78 is 17.4. The molecule has 2 rings (SSSR count).